The average molecular weight is 222 g/mol. The van der Waals surface area contributed by atoms with Crippen LogP contribution in [0.25, 0.3) is 0 Å². The van der Waals surface area contributed by atoms with Gasteiger partial charge in [-0.1, -0.05) is 18.2 Å². The topological polar surface area (TPSA) is 41.1 Å². The van der Waals surface area contributed by atoms with E-state index in [-0.39, 0.29) is 23.7 Å². The Balaban J connectivity index is 1.99. The number of halogens is 1. The van der Waals surface area contributed by atoms with Gasteiger partial charge in [0, 0.05) is 18.7 Å². The van der Waals surface area contributed by atoms with Crippen LogP contribution in [0.5, 0.6) is 0 Å². The van der Waals surface area contributed by atoms with Gasteiger partial charge in [-0.3, -0.25) is 4.79 Å². The second-order valence-corrected chi connectivity index (χ2v) is 4.11. The van der Waals surface area contributed by atoms with Crippen LogP contribution in [0.4, 0.5) is 4.39 Å². The molecule has 0 saturated carbocycles. The molecule has 1 amide bonds. The third-order valence-electron chi connectivity index (χ3n) is 2.88. The quantitative estimate of drug-likeness (QED) is 0.807. The fourth-order valence-corrected chi connectivity index (χ4v) is 1.71. The van der Waals surface area contributed by atoms with Crippen molar-refractivity contribution in [2.45, 2.75) is 13.0 Å². The third kappa shape index (κ3) is 2.22. The Kier molecular flexibility index (Phi) is 3.19. The predicted molar refractivity (Wildman–Crippen MR) is 59.3 cm³/mol. The first-order valence-electron chi connectivity index (χ1n) is 5.44. The summed E-state index contributed by atoms with van der Waals surface area (Å²) >= 11 is 0. The minimum Gasteiger partial charge on any atom is -0.349 e. The Labute approximate surface area is 94.0 Å². The highest BCUT2D eigenvalue weighted by atomic mass is 19.1. The minimum absolute atomic E-state index is 0.00509. The number of carbonyl (C=O) groups is 1. The predicted octanol–water partition coefficient (Wildman–Crippen LogP) is 1.22. The molecule has 0 spiro atoms. The monoisotopic (exact) mass is 222 g/mol. The van der Waals surface area contributed by atoms with Gasteiger partial charge in [0.15, 0.2) is 0 Å². The molecule has 1 aliphatic heterocycles. The zero-order valence-corrected chi connectivity index (χ0v) is 9.16. The van der Waals surface area contributed by atoms with Gasteiger partial charge in [0.1, 0.15) is 5.82 Å². The van der Waals surface area contributed by atoms with E-state index in [1.54, 1.807) is 25.1 Å². The first-order valence-corrected chi connectivity index (χ1v) is 5.44. The van der Waals surface area contributed by atoms with E-state index in [2.05, 4.69) is 10.6 Å². The number of rotatable bonds is 3. The summed E-state index contributed by atoms with van der Waals surface area (Å²) in [5.41, 5.74) is 0.531. The van der Waals surface area contributed by atoms with Crippen LogP contribution in [-0.4, -0.2) is 19.0 Å². The number of hydrogen-bond donors (Lipinski definition) is 2. The zero-order chi connectivity index (χ0) is 11.5. The Bertz CT molecular complexity index is 390. The van der Waals surface area contributed by atoms with E-state index in [1.165, 1.54) is 6.07 Å². The molecule has 1 aromatic rings. The molecule has 1 saturated heterocycles. The lowest BCUT2D eigenvalue weighted by molar-refractivity contribution is -0.127. The lowest BCUT2D eigenvalue weighted by Gasteiger charge is -2.27. The molecule has 86 valence electrons. The molecular formula is C12H15FN2O. The maximum Gasteiger partial charge on any atom is 0.226 e. The van der Waals surface area contributed by atoms with Crippen molar-refractivity contribution in [1.29, 1.82) is 0 Å². The molecule has 2 rings (SSSR count). The van der Waals surface area contributed by atoms with Crippen molar-refractivity contribution in [2.24, 2.45) is 5.92 Å². The summed E-state index contributed by atoms with van der Waals surface area (Å²) in [7, 11) is 0. The molecule has 1 aromatic carbocycles. The number of nitrogens with one attached hydrogen (secondary N) is 2. The zero-order valence-electron chi connectivity index (χ0n) is 9.16. The standard InChI is InChI=1S/C12H15FN2O/c1-8(10-4-2-3-5-11(10)13)15-12(16)9-6-14-7-9/h2-5,8-9,14H,6-7H2,1H3,(H,15,16). The second-order valence-electron chi connectivity index (χ2n) is 4.11. The van der Waals surface area contributed by atoms with E-state index < -0.39 is 0 Å². The van der Waals surface area contributed by atoms with Crippen molar-refractivity contribution >= 4 is 5.91 Å². The first kappa shape index (κ1) is 11.1. The van der Waals surface area contributed by atoms with Crippen LogP contribution in [0.1, 0.15) is 18.5 Å². The lowest BCUT2D eigenvalue weighted by Crippen LogP contribution is -2.51. The molecule has 1 heterocycles. The fourth-order valence-electron chi connectivity index (χ4n) is 1.71. The third-order valence-corrected chi connectivity index (χ3v) is 2.88. The normalized spacial score (nSPS) is 17.6. The van der Waals surface area contributed by atoms with Gasteiger partial charge in [0.25, 0.3) is 0 Å². The van der Waals surface area contributed by atoms with Gasteiger partial charge in [-0.05, 0) is 13.0 Å². The van der Waals surface area contributed by atoms with Crippen LogP contribution in [-0.2, 0) is 4.79 Å². The smallest absolute Gasteiger partial charge is 0.226 e. The van der Waals surface area contributed by atoms with Crippen molar-refractivity contribution in [2.75, 3.05) is 13.1 Å². The number of hydrogen-bond acceptors (Lipinski definition) is 2. The highest BCUT2D eigenvalue weighted by Gasteiger charge is 2.26. The summed E-state index contributed by atoms with van der Waals surface area (Å²) in [5, 5.41) is 5.85. The molecule has 4 heteroatoms. The average Bonchev–Trinajstić information content (AvgIpc) is 2.15. The molecule has 16 heavy (non-hydrogen) atoms. The van der Waals surface area contributed by atoms with Crippen LogP contribution in [0, 0.1) is 11.7 Å². The molecule has 3 nitrogen and oxygen atoms in total. The summed E-state index contributed by atoms with van der Waals surface area (Å²) in [4.78, 5) is 11.6. The van der Waals surface area contributed by atoms with E-state index in [4.69, 9.17) is 0 Å². The first-order chi connectivity index (χ1) is 7.68. The molecule has 1 unspecified atom stereocenters. The van der Waals surface area contributed by atoms with Gasteiger partial charge in [-0.2, -0.15) is 0 Å². The summed E-state index contributed by atoms with van der Waals surface area (Å²) in [6.07, 6.45) is 0. The molecular weight excluding hydrogens is 207 g/mol. The van der Waals surface area contributed by atoms with Crippen LogP contribution < -0.4 is 10.6 Å². The molecule has 2 N–H and O–H groups in total. The van der Waals surface area contributed by atoms with Gasteiger partial charge in [0.2, 0.25) is 5.91 Å². The Morgan fingerprint density at radius 3 is 2.75 bits per heavy atom. The summed E-state index contributed by atoms with van der Waals surface area (Å²) < 4.78 is 13.4. The van der Waals surface area contributed by atoms with Crippen LogP contribution in [0.15, 0.2) is 24.3 Å². The highest BCUT2D eigenvalue weighted by Crippen LogP contribution is 2.17. The van der Waals surface area contributed by atoms with Crippen LogP contribution in [0.2, 0.25) is 0 Å². The van der Waals surface area contributed by atoms with Crippen LogP contribution in [0.3, 0.4) is 0 Å². The van der Waals surface area contributed by atoms with E-state index in [0.29, 0.717) is 5.56 Å². The van der Waals surface area contributed by atoms with Gasteiger partial charge in [-0.25, -0.2) is 4.39 Å². The summed E-state index contributed by atoms with van der Waals surface area (Å²) in [6, 6.07) is 6.23. The number of carbonyl (C=O) groups excluding carboxylic acids is 1. The molecule has 1 fully saturated rings. The minimum atomic E-state index is -0.283. The van der Waals surface area contributed by atoms with Gasteiger partial charge in [-0.15, -0.1) is 0 Å². The van der Waals surface area contributed by atoms with E-state index in [9.17, 15) is 9.18 Å². The Morgan fingerprint density at radius 1 is 1.50 bits per heavy atom. The van der Waals surface area contributed by atoms with Gasteiger partial charge >= 0.3 is 0 Å². The van der Waals surface area contributed by atoms with E-state index >= 15 is 0 Å². The Morgan fingerprint density at radius 2 is 2.19 bits per heavy atom. The lowest BCUT2D eigenvalue weighted by atomic mass is 10.0. The largest absolute Gasteiger partial charge is 0.349 e. The molecule has 0 aliphatic carbocycles. The molecule has 0 aromatic heterocycles. The number of benzene rings is 1. The molecule has 0 bridgehead atoms. The summed E-state index contributed by atoms with van der Waals surface area (Å²) in [5.74, 6) is -0.245. The molecule has 1 atom stereocenters. The summed E-state index contributed by atoms with van der Waals surface area (Å²) in [6.45, 7) is 3.23. The second kappa shape index (κ2) is 4.61. The number of amides is 1. The fraction of sp³-hybridized carbons (Fsp3) is 0.417. The van der Waals surface area contributed by atoms with Crippen LogP contribution >= 0.6 is 0 Å². The Hall–Kier alpha value is -1.42. The van der Waals surface area contributed by atoms with Crippen molar-refractivity contribution < 1.29 is 9.18 Å². The van der Waals surface area contributed by atoms with Crippen molar-refractivity contribution in [3.63, 3.8) is 0 Å². The molecule has 1 aliphatic rings. The van der Waals surface area contributed by atoms with Crippen molar-refractivity contribution in [3.05, 3.63) is 35.6 Å². The van der Waals surface area contributed by atoms with Crippen molar-refractivity contribution in [1.82, 2.24) is 10.6 Å². The van der Waals surface area contributed by atoms with E-state index in [0.717, 1.165) is 13.1 Å². The SMILES string of the molecule is CC(NC(=O)C1CNC1)c1ccccc1F. The maximum atomic E-state index is 13.4. The van der Waals surface area contributed by atoms with Gasteiger partial charge in [0.05, 0.1) is 12.0 Å². The van der Waals surface area contributed by atoms with Gasteiger partial charge < -0.3 is 10.6 Å². The van der Waals surface area contributed by atoms with Crippen molar-refractivity contribution in [3.8, 4) is 0 Å². The van der Waals surface area contributed by atoms with E-state index in [1.807, 2.05) is 0 Å². The molecule has 0 radical (unpaired) electrons. The highest BCUT2D eigenvalue weighted by molar-refractivity contribution is 5.80. The maximum absolute atomic E-state index is 13.4.